The monoisotopic (exact) mass is 526 g/mol. The molecule has 0 saturated heterocycles. The van der Waals surface area contributed by atoms with Gasteiger partial charge in [0, 0.05) is 18.2 Å². The zero-order chi connectivity index (χ0) is 25.3. The molecule has 0 radical (unpaired) electrons. The minimum absolute atomic E-state index is 0.0718. The number of ether oxygens (including phenoxy) is 1. The number of rotatable bonds is 4. The fraction of sp³-hybridized carbons (Fsp3) is 0.478. The van der Waals surface area contributed by atoms with E-state index in [9.17, 15) is 19.3 Å². The number of hydrogen-bond donors (Lipinski definition) is 2. The molecule has 0 bridgehead atoms. The van der Waals surface area contributed by atoms with Gasteiger partial charge in [-0.05, 0) is 66.0 Å². The van der Waals surface area contributed by atoms with Crippen molar-refractivity contribution in [3.05, 3.63) is 56.2 Å². The maximum atomic E-state index is 14.6. The van der Waals surface area contributed by atoms with Crippen LogP contribution in [0.15, 0.2) is 34.9 Å². The maximum absolute atomic E-state index is 14.6. The van der Waals surface area contributed by atoms with Crippen molar-refractivity contribution >= 4 is 39.2 Å². The number of pyridine rings is 1. The third-order valence-electron chi connectivity index (χ3n) is 4.23. The number of alkyl halides is 1. The summed E-state index contributed by atoms with van der Waals surface area (Å²) in [4.78, 5) is 26.8. The summed E-state index contributed by atoms with van der Waals surface area (Å²) in [6, 6.07) is 7.05. The van der Waals surface area contributed by atoms with Gasteiger partial charge in [-0.3, -0.25) is 10.1 Å². The van der Waals surface area contributed by atoms with Crippen molar-refractivity contribution in [2.45, 2.75) is 72.7 Å². The van der Waals surface area contributed by atoms with E-state index in [-0.39, 0.29) is 17.9 Å². The highest BCUT2D eigenvalue weighted by atomic mass is 79.9. The zero-order valence-corrected chi connectivity index (χ0v) is 21.6. The highest BCUT2D eigenvalue weighted by Crippen LogP contribution is 2.36. The van der Waals surface area contributed by atoms with Crippen molar-refractivity contribution in [2.75, 3.05) is 5.32 Å². The number of fused-ring (bicyclic) bond motifs is 1. The largest absolute Gasteiger partial charge is 0.444 e. The minimum atomic E-state index is -1.30. The lowest BCUT2D eigenvalue weighted by Crippen LogP contribution is -2.37. The van der Waals surface area contributed by atoms with Gasteiger partial charge in [-0.15, -0.1) is 0 Å². The number of nitro groups is 1. The van der Waals surface area contributed by atoms with Crippen LogP contribution in [0.4, 0.5) is 26.4 Å². The Morgan fingerprint density at radius 1 is 1.21 bits per heavy atom. The summed E-state index contributed by atoms with van der Waals surface area (Å²) >= 11 is 3.19. The molecule has 1 aromatic heterocycles. The first kappa shape index (κ1) is 28.3. The number of amides is 1. The van der Waals surface area contributed by atoms with E-state index in [1.807, 2.05) is 27.7 Å². The molecule has 1 heterocycles. The zero-order valence-electron chi connectivity index (χ0n) is 20.0. The molecule has 182 valence electrons. The molecule has 1 aromatic carbocycles. The average Bonchev–Trinajstić information content (AvgIpc) is 3.04. The van der Waals surface area contributed by atoms with E-state index < -0.39 is 28.8 Å². The predicted octanol–water partition coefficient (Wildman–Crippen LogP) is 7.01. The Labute approximate surface area is 202 Å². The van der Waals surface area contributed by atoms with Crippen LogP contribution >= 0.6 is 15.9 Å². The number of carbonyl (C=O) groups excluding carboxylic acids is 1. The molecule has 33 heavy (non-hydrogen) atoms. The second kappa shape index (κ2) is 12.5. The second-order valence-corrected chi connectivity index (χ2v) is 8.45. The molecule has 3 rings (SSSR count). The molecule has 0 spiro atoms. The Hall–Kier alpha value is -2.75. The van der Waals surface area contributed by atoms with Crippen LogP contribution in [0.3, 0.4) is 0 Å². The van der Waals surface area contributed by atoms with Crippen molar-refractivity contribution in [1.29, 1.82) is 0 Å². The summed E-state index contributed by atoms with van der Waals surface area (Å²) in [5, 5.41) is 16.7. The van der Waals surface area contributed by atoms with Gasteiger partial charge in [-0.2, -0.15) is 0 Å². The number of hydrogen-bond acceptors (Lipinski definition) is 6. The van der Waals surface area contributed by atoms with E-state index in [0.717, 1.165) is 0 Å². The third kappa shape index (κ3) is 7.96. The number of alkyl carbamates (subject to hydrolysis) is 1. The van der Waals surface area contributed by atoms with Crippen molar-refractivity contribution in [2.24, 2.45) is 0 Å². The van der Waals surface area contributed by atoms with Crippen LogP contribution in [0.1, 0.15) is 65.6 Å². The van der Waals surface area contributed by atoms with Crippen LogP contribution in [0.25, 0.3) is 0 Å². The van der Waals surface area contributed by atoms with Crippen molar-refractivity contribution in [1.82, 2.24) is 10.3 Å². The lowest BCUT2D eigenvalue weighted by molar-refractivity contribution is -0.384. The molecule has 1 aliphatic rings. The third-order valence-corrected chi connectivity index (χ3v) is 4.67. The quantitative estimate of drug-likeness (QED) is 0.252. The van der Waals surface area contributed by atoms with Crippen LogP contribution < -0.4 is 10.6 Å². The summed E-state index contributed by atoms with van der Waals surface area (Å²) < 4.78 is 20.2. The van der Waals surface area contributed by atoms with Crippen molar-refractivity contribution < 1.29 is 18.8 Å². The Balaban J connectivity index is 0.00000129. The van der Waals surface area contributed by atoms with Crippen LogP contribution in [0.5, 0.6) is 0 Å². The van der Waals surface area contributed by atoms with Gasteiger partial charge in [-0.25, -0.2) is 14.2 Å². The number of nitrogens with zero attached hydrogens (tertiary/aromatic N) is 2. The number of nitrogens with one attached hydrogen (secondary N) is 2. The number of aromatic nitrogens is 1. The standard InChI is InChI=1S/C19H20BrFN4O4.2C2H6/c1-19(2,3)29-18(26)24-16-12-5-4-11(8-10(12)9-13(16)21)22-17-14(25(27)28)6-7-15(20)23-17;2*1-2/h4-8,13,16H,9H2,1-3H3,(H,22,23)(H,24,26);2*1-2H3. The van der Waals surface area contributed by atoms with E-state index in [1.165, 1.54) is 12.1 Å². The van der Waals surface area contributed by atoms with Gasteiger partial charge in [0.15, 0.2) is 0 Å². The van der Waals surface area contributed by atoms with Crippen molar-refractivity contribution in [3.63, 3.8) is 0 Å². The summed E-state index contributed by atoms with van der Waals surface area (Å²) in [6.45, 7) is 13.2. The first-order chi connectivity index (χ1) is 15.5. The molecule has 2 atom stereocenters. The summed E-state index contributed by atoms with van der Waals surface area (Å²) in [6.07, 6.45) is -1.88. The fourth-order valence-corrected chi connectivity index (χ4v) is 3.40. The lowest BCUT2D eigenvalue weighted by atomic mass is 10.1. The molecule has 8 nitrogen and oxygen atoms in total. The SMILES string of the molecule is CC.CC.CC(C)(C)OC(=O)NC1c2ccc(Nc3nc(Br)ccc3[N+](=O)[O-])cc2CC1F. The maximum Gasteiger partial charge on any atom is 0.408 e. The number of halogens is 2. The van der Waals surface area contributed by atoms with Crippen LogP contribution in [0, 0.1) is 10.1 Å². The lowest BCUT2D eigenvalue weighted by Gasteiger charge is -2.23. The Kier molecular flexibility index (Phi) is 10.7. The van der Waals surface area contributed by atoms with Gasteiger partial charge in [0.05, 0.1) is 11.0 Å². The van der Waals surface area contributed by atoms with Gasteiger partial charge in [0.25, 0.3) is 0 Å². The van der Waals surface area contributed by atoms with E-state index in [1.54, 1.807) is 39.0 Å². The smallest absolute Gasteiger partial charge is 0.408 e. The molecule has 1 aliphatic carbocycles. The molecule has 2 N–H and O–H groups in total. The highest BCUT2D eigenvalue weighted by Gasteiger charge is 2.35. The van der Waals surface area contributed by atoms with E-state index in [4.69, 9.17) is 4.74 Å². The molecule has 2 unspecified atom stereocenters. The highest BCUT2D eigenvalue weighted by molar-refractivity contribution is 9.10. The van der Waals surface area contributed by atoms with Gasteiger partial charge in [0.1, 0.15) is 16.4 Å². The second-order valence-electron chi connectivity index (χ2n) is 7.64. The van der Waals surface area contributed by atoms with Crippen LogP contribution in [-0.4, -0.2) is 27.8 Å². The first-order valence-electron chi connectivity index (χ1n) is 10.9. The Bertz CT molecular complexity index is 966. The molecule has 2 aromatic rings. The Morgan fingerprint density at radius 3 is 2.42 bits per heavy atom. The topological polar surface area (TPSA) is 106 Å². The fourth-order valence-electron chi connectivity index (χ4n) is 3.09. The Morgan fingerprint density at radius 2 is 1.85 bits per heavy atom. The van der Waals surface area contributed by atoms with Gasteiger partial charge >= 0.3 is 11.8 Å². The summed E-state index contributed by atoms with van der Waals surface area (Å²) in [5.74, 6) is 0.0718. The number of anilines is 2. The number of carbonyl (C=O) groups is 1. The van der Waals surface area contributed by atoms with Gasteiger partial charge < -0.3 is 15.4 Å². The molecule has 0 saturated carbocycles. The molecule has 10 heteroatoms. The van der Waals surface area contributed by atoms with E-state index in [2.05, 4.69) is 31.5 Å². The molecule has 0 aliphatic heterocycles. The van der Waals surface area contributed by atoms with Crippen LogP contribution in [0.2, 0.25) is 0 Å². The molecule has 0 fully saturated rings. The molecular formula is C23H32BrFN4O4. The van der Waals surface area contributed by atoms with Crippen molar-refractivity contribution in [3.8, 4) is 0 Å². The minimum Gasteiger partial charge on any atom is -0.444 e. The number of benzene rings is 1. The molecular weight excluding hydrogens is 495 g/mol. The van der Waals surface area contributed by atoms with Gasteiger partial charge in [-0.1, -0.05) is 33.8 Å². The summed E-state index contributed by atoms with van der Waals surface area (Å²) in [7, 11) is 0. The predicted molar refractivity (Wildman–Crippen MR) is 132 cm³/mol. The average molecular weight is 527 g/mol. The van der Waals surface area contributed by atoms with Crippen LogP contribution in [-0.2, 0) is 11.2 Å². The first-order valence-corrected chi connectivity index (χ1v) is 11.7. The van der Waals surface area contributed by atoms with E-state index in [0.29, 0.717) is 21.4 Å². The summed E-state index contributed by atoms with van der Waals surface area (Å²) in [5.41, 5.74) is 1.01. The normalized spacial score (nSPS) is 16.3. The van der Waals surface area contributed by atoms with E-state index >= 15 is 0 Å². The van der Waals surface area contributed by atoms with Gasteiger partial charge in [0.2, 0.25) is 5.82 Å². The molecule has 1 amide bonds.